The molecule has 0 aliphatic heterocycles. The maximum absolute atomic E-state index is 12.6. The van der Waals surface area contributed by atoms with Crippen molar-refractivity contribution < 1.29 is 4.79 Å². The molecule has 0 fully saturated rings. The van der Waals surface area contributed by atoms with Crippen LogP contribution >= 0.6 is 31.9 Å². The molecule has 10 heteroatoms. The van der Waals surface area contributed by atoms with Crippen LogP contribution in [0.1, 0.15) is 0 Å². The molecule has 0 bridgehead atoms. The van der Waals surface area contributed by atoms with Crippen molar-refractivity contribution >= 4 is 60.1 Å². The van der Waals surface area contributed by atoms with Crippen LogP contribution in [0.25, 0.3) is 16.4 Å². The predicted molar refractivity (Wildman–Crippen MR) is 103 cm³/mol. The number of nitrogens with one attached hydrogen (secondary N) is 1. The highest BCUT2D eigenvalue weighted by Gasteiger charge is 2.14. The first-order valence-electron chi connectivity index (χ1n) is 7.48. The van der Waals surface area contributed by atoms with E-state index in [0.717, 1.165) is 9.15 Å². The quantitative estimate of drug-likeness (QED) is 0.489. The van der Waals surface area contributed by atoms with Gasteiger partial charge in [0.15, 0.2) is 5.65 Å². The molecule has 1 N–H and O–H groups in total. The fraction of sp³-hybridized carbons (Fsp3) is 0.0625. The number of amides is 1. The zero-order valence-corrected chi connectivity index (χ0v) is 16.2. The molecular weight excluding hydrogens is 468 g/mol. The average Bonchev–Trinajstić information content (AvgIpc) is 3.01. The van der Waals surface area contributed by atoms with Crippen LogP contribution in [0.15, 0.2) is 56.5 Å². The van der Waals surface area contributed by atoms with E-state index < -0.39 is 5.91 Å². The molecule has 0 aliphatic carbocycles. The minimum Gasteiger partial charge on any atom is -0.292 e. The first kappa shape index (κ1) is 16.9. The highest BCUT2D eigenvalue weighted by atomic mass is 79.9. The summed E-state index contributed by atoms with van der Waals surface area (Å²) in [4.78, 5) is 29.1. The molecule has 0 aliphatic rings. The molecule has 0 spiro atoms. The number of hydrogen-bond donors (Lipinski definition) is 1. The van der Waals surface area contributed by atoms with Gasteiger partial charge in [-0.2, -0.15) is 10.1 Å². The van der Waals surface area contributed by atoms with E-state index in [0.29, 0.717) is 21.0 Å². The second-order valence-electron chi connectivity index (χ2n) is 5.43. The third-order valence-electron chi connectivity index (χ3n) is 3.66. The number of anilines is 1. The largest absolute Gasteiger partial charge is 0.292 e. The maximum Gasteiger partial charge on any atom is 0.275 e. The van der Waals surface area contributed by atoms with E-state index in [4.69, 9.17) is 0 Å². The molecule has 3 aromatic heterocycles. The smallest absolute Gasteiger partial charge is 0.275 e. The number of halogens is 2. The second-order valence-corrected chi connectivity index (χ2v) is 7.10. The van der Waals surface area contributed by atoms with Gasteiger partial charge in [0.1, 0.15) is 11.1 Å². The van der Waals surface area contributed by atoms with Gasteiger partial charge in [-0.1, -0.05) is 22.0 Å². The summed E-state index contributed by atoms with van der Waals surface area (Å²) >= 11 is 6.71. The first-order valence-corrected chi connectivity index (χ1v) is 9.07. The average molecular weight is 478 g/mol. The van der Waals surface area contributed by atoms with E-state index in [-0.39, 0.29) is 18.1 Å². The lowest BCUT2D eigenvalue weighted by Gasteiger charge is -2.07. The van der Waals surface area contributed by atoms with E-state index >= 15 is 0 Å². The maximum atomic E-state index is 12.6. The Morgan fingerprint density at radius 3 is 2.77 bits per heavy atom. The second kappa shape index (κ2) is 6.61. The Balaban J connectivity index is 1.62. The van der Waals surface area contributed by atoms with Crippen molar-refractivity contribution in [1.82, 2.24) is 24.4 Å². The third-order valence-corrected chi connectivity index (χ3v) is 4.74. The van der Waals surface area contributed by atoms with Gasteiger partial charge in [-0.3, -0.25) is 14.9 Å². The molecule has 0 saturated carbocycles. The molecule has 4 rings (SSSR count). The lowest BCUT2D eigenvalue weighted by molar-refractivity contribution is -0.117. The molecule has 1 aromatic carbocycles. The molecule has 1 amide bonds. The van der Waals surface area contributed by atoms with Crippen molar-refractivity contribution in [2.24, 2.45) is 0 Å². The molecule has 130 valence electrons. The van der Waals surface area contributed by atoms with Gasteiger partial charge >= 0.3 is 0 Å². The summed E-state index contributed by atoms with van der Waals surface area (Å²) in [5.41, 5.74) is 0.255. The van der Waals surface area contributed by atoms with Gasteiger partial charge in [0.25, 0.3) is 5.56 Å². The fourth-order valence-electron chi connectivity index (χ4n) is 2.51. The third kappa shape index (κ3) is 3.13. The number of nitrogens with zero attached hydrogens (tertiary/aromatic N) is 5. The minimum absolute atomic E-state index is 0.165. The van der Waals surface area contributed by atoms with Crippen molar-refractivity contribution in [3.8, 4) is 0 Å². The highest BCUT2D eigenvalue weighted by Crippen LogP contribution is 2.22. The number of benzene rings is 1. The van der Waals surface area contributed by atoms with Crippen molar-refractivity contribution in [3.63, 3.8) is 0 Å². The van der Waals surface area contributed by atoms with E-state index in [1.54, 1.807) is 35.0 Å². The molecule has 3 heterocycles. The van der Waals surface area contributed by atoms with Gasteiger partial charge in [-0.25, -0.2) is 9.20 Å². The topological polar surface area (TPSA) is 94.2 Å². The Bertz CT molecular complexity index is 1180. The van der Waals surface area contributed by atoms with Crippen LogP contribution in [0, 0.1) is 0 Å². The summed E-state index contributed by atoms with van der Waals surface area (Å²) in [6, 6.07) is 10.6. The molecule has 0 unspecified atom stereocenters. The van der Waals surface area contributed by atoms with Gasteiger partial charge < -0.3 is 0 Å². The fourth-order valence-corrected chi connectivity index (χ4v) is 3.39. The van der Waals surface area contributed by atoms with Gasteiger partial charge in [0, 0.05) is 16.1 Å². The van der Waals surface area contributed by atoms with Gasteiger partial charge in [0.2, 0.25) is 11.9 Å². The Labute approximate surface area is 163 Å². The van der Waals surface area contributed by atoms with Crippen LogP contribution in [0.2, 0.25) is 0 Å². The van der Waals surface area contributed by atoms with Gasteiger partial charge in [0.05, 0.1) is 5.39 Å². The SMILES string of the molecule is O=C(Cn1nc(Br)c2cc(Br)ccc2c1=O)Nc1nc2ccccn2n1. The van der Waals surface area contributed by atoms with Crippen LogP contribution in [-0.2, 0) is 11.3 Å². The molecule has 4 aromatic rings. The summed E-state index contributed by atoms with van der Waals surface area (Å²) < 4.78 is 3.96. The van der Waals surface area contributed by atoms with E-state index in [2.05, 4.69) is 52.4 Å². The summed E-state index contributed by atoms with van der Waals surface area (Å²) in [6.45, 7) is -0.251. The van der Waals surface area contributed by atoms with Gasteiger partial charge in [-0.05, 0) is 46.3 Å². The highest BCUT2D eigenvalue weighted by molar-refractivity contribution is 9.11. The Morgan fingerprint density at radius 2 is 1.96 bits per heavy atom. The Hall–Kier alpha value is -2.59. The molecule has 0 radical (unpaired) electrons. The van der Waals surface area contributed by atoms with Crippen LogP contribution < -0.4 is 10.9 Å². The monoisotopic (exact) mass is 476 g/mol. The van der Waals surface area contributed by atoms with Crippen molar-refractivity contribution in [1.29, 1.82) is 0 Å². The number of hydrogen-bond acceptors (Lipinski definition) is 5. The number of fused-ring (bicyclic) bond motifs is 2. The van der Waals surface area contributed by atoms with E-state index in [1.165, 1.54) is 0 Å². The van der Waals surface area contributed by atoms with Crippen LogP contribution in [0.4, 0.5) is 5.95 Å². The first-order chi connectivity index (χ1) is 12.5. The van der Waals surface area contributed by atoms with Crippen LogP contribution in [-0.4, -0.2) is 30.3 Å². The molecule has 8 nitrogen and oxygen atoms in total. The molecule has 0 saturated heterocycles. The number of carbonyl (C=O) groups excluding carboxylic acids is 1. The summed E-state index contributed by atoms with van der Waals surface area (Å²) in [6.07, 6.45) is 1.72. The van der Waals surface area contributed by atoms with Crippen LogP contribution in [0.5, 0.6) is 0 Å². The zero-order chi connectivity index (χ0) is 18.3. The Kier molecular flexibility index (Phi) is 4.29. The molecule has 26 heavy (non-hydrogen) atoms. The number of pyridine rings is 1. The van der Waals surface area contributed by atoms with E-state index in [9.17, 15) is 9.59 Å². The normalized spacial score (nSPS) is 11.2. The standard InChI is InChI=1S/C16H10Br2N6O2/c17-9-4-5-10-11(7-9)14(18)21-24(15(10)26)8-13(25)20-16-19-12-3-1-2-6-23(12)22-16/h1-7H,8H2,(H,20,22,25). The van der Waals surface area contributed by atoms with Gasteiger partial charge in [-0.15, -0.1) is 5.10 Å². The van der Waals surface area contributed by atoms with Crippen molar-refractivity contribution in [3.05, 3.63) is 62.0 Å². The lowest BCUT2D eigenvalue weighted by Crippen LogP contribution is -2.30. The number of aromatic nitrogens is 5. The van der Waals surface area contributed by atoms with Crippen molar-refractivity contribution in [2.75, 3.05) is 5.32 Å². The zero-order valence-electron chi connectivity index (χ0n) is 13.1. The predicted octanol–water partition coefficient (Wildman–Crippen LogP) is 2.60. The summed E-state index contributed by atoms with van der Waals surface area (Å²) in [5, 5.41) is 12.0. The lowest BCUT2D eigenvalue weighted by atomic mass is 10.2. The summed E-state index contributed by atoms with van der Waals surface area (Å²) in [5.74, 6) is -0.281. The van der Waals surface area contributed by atoms with Crippen LogP contribution in [0.3, 0.4) is 0 Å². The number of rotatable bonds is 3. The van der Waals surface area contributed by atoms with Crippen molar-refractivity contribution in [2.45, 2.75) is 6.54 Å². The Morgan fingerprint density at radius 1 is 1.12 bits per heavy atom. The number of carbonyl (C=O) groups is 1. The minimum atomic E-state index is -0.445. The molecular formula is C16H10Br2N6O2. The molecule has 0 atom stereocenters. The summed E-state index contributed by atoms with van der Waals surface area (Å²) in [7, 11) is 0. The van der Waals surface area contributed by atoms with E-state index in [1.807, 2.05) is 12.1 Å².